The van der Waals surface area contributed by atoms with E-state index in [1.807, 2.05) is 18.2 Å². The average Bonchev–Trinajstić information content (AvgIpc) is 2.54. The fourth-order valence-corrected chi connectivity index (χ4v) is 2.89. The van der Waals surface area contributed by atoms with E-state index in [4.69, 9.17) is 27.9 Å². The lowest BCUT2D eigenvalue weighted by Crippen LogP contribution is -2.21. The standard InChI is InChI=1S/C17H12Cl2N2O3/c1-10(22)24-9-14-15(11-5-3-2-4-6-11)17(23)21-8-12(18)7-13(19)16(21)20-14/h2-8H,9H2,1H3. The van der Waals surface area contributed by atoms with E-state index in [0.29, 0.717) is 21.8 Å². The first-order valence-corrected chi connectivity index (χ1v) is 7.82. The molecule has 7 heteroatoms. The van der Waals surface area contributed by atoms with Crippen molar-refractivity contribution >= 4 is 34.8 Å². The molecule has 5 nitrogen and oxygen atoms in total. The molecule has 0 aliphatic heterocycles. The van der Waals surface area contributed by atoms with Gasteiger partial charge in [-0.3, -0.25) is 14.0 Å². The summed E-state index contributed by atoms with van der Waals surface area (Å²) in [5.41, 5.74) is 1.27. The minimum absolute atomic E-state index is 0.121. The summed E-state index contributed by atoms with van der Waals surface area (Å²) >= 11 is 12.1. The summed E-state index contributed by atoms with van der Waals surface area (Å²) in [6.45, 7) is 1.17. The molecule has 0 atom stereocenters. The van der Waals surface area contributed by atoms with E-state index < -0.39 is 5.97 Å². The molecule has 0 saturated heterocycles. The Hall–Kier alpha value is -2.37. The van der Waals surface area contributed by atoms with E-state index in [-0.39, 0.29) is 22.8 Å². The summed E-state index contributed by atoms with van der Waals surface area (Å²) < 4.78 is 6.33. The highest BCUT2D eigenvalue weighted by molar-refractivity contribution is 6.36. The van der Waals surface area contributed by atoms with Gasteiger partial charge in [0.15, 0.2) is 5.65 Å². The molecular formula is C17H12Cl2N2O3. The Kier molecular flexibility index (Phi) is 4.55. The SMILES string of the molecule is CC(=O)OCc1nc2c(Cl)cc(Cl)cn2c(=O)c1-c1ccccc1. The van der Waals surface area contributed by atoms with Gasteiger partial charge in [0, 0.05) is 13.1 Å². The predicted octanol–water partition coefficient (Wildman–Crippen LogP) is 3.73. The van der Waals surface area contributed by atoms with Gasteiger partial charge in [-0.05, 0) is 11.6 Å². The third kappa shape index (κ3) is 3.13. The molecule has 2 heterocycles. The predicted molar refractivity (Wildman–Crippen MR) is 92.4 cm³/mol. The lowest BCUT2D eigenvalue weighted by Gasteiger charge is -2.12. The van der Waals surface area contributed by atoms with Gasteiger partial charge in [-0.2, -0.15) is 0 Å². The molecule has 0 spiro atoms. The van der Waals surface area contributed by atoms with E-state index in [0.717, 1.165) is 0 Å². The minimum atomic E-state index is -0.460. The summed E-state index contributed by atoms with van der Waals surface area (Å²) in [7, 11) is 0. The topological polar surface area (TPSA) is 60.7 Å². The van der Waals surface area contributed by atoms with Crippen LogP contribution in [-0.4, -0.2) is 15.4 Å². The third-order valence-electron chi connectivity index (χ3n) is 3.40. The van der Waals surface area contributed by atoms with E-state index in [1.165, 1.54) is 23.6 Å². The lowest BCUT2D eigenvalue weighted by atomic mass is 10.1. The first-order valence-electron chi connectivity index (χ1n) is 7.06. The Morgan fingerprint density at radius 1 is 1.25 bits per heavy atom. The molecule has 1 aromatic carbocycles. The molecule has 0 unspecified atom stereocenters. The highest BCUT2D eigenvalue weighted by Gasteiger charge is 2.17. The first-order chi connectivity index (χ1) is 11.5. The molecule has 122 valence electrons. The molecule has 0 radical (unpaired) electrons. The zero-order valence-corrected chi connectivity index (χ0v) is 14.1. The van der Waals surface area contributed by atoms with Crippen molar-refractivity contribution in [1.82, 2.24) is 9.38 Å². The number of nitrogens with zero attached hydrogens (tertiary/aromatic N) is 2. The summed E-state index contributed by atoms with van der Waals surface area (Å²) in [5.74, 6) is -0.460. The van der Waals surface area contributed by atoms with E-state index in [2.05, 4.69) is 4.98 Å². The van der Waals surface area contributed by atoms with Crippen LogP contribution >= 0.6 is 23.2 Å². The van der Waals surface area contributed by atoms with Crippen LogP contribution < -0.4 is 5.56 Å². The van der Waals surface area contributed by atoms with Gasteiger partial charge in [0.05, 0.1) is 21.3 Å². The zero-order chi connectivity index (χ0) is 17.3. The van der Waals surface area contributed by atoms with Crippen molar-refractivity contribution < 1.29 is 9.53 Å². The molecule has 3 rings (SSSR count). The van der Waals surface area contributed by atoms with Crippen LogP contribution in [0, 0.1) is 0 Å². The number of rotatable bonds is 3. The van der Waals surface area contributed by atoms with Crippen molar-refractivity contribution in [1.29, 1.82) is 0 Å². The number of benzene rings is 1. The number of pyridine rings is 1. The second kappa shape index (κ2) is 6.63. The van der Waals surface area contributed by atoms with Gasteiger partial charge in [0.2, 0.25) is 0 Å². The second-order valence-corrected chi connectivity index (χ2v) is 5.93. The first kappa shape index (κ1) is 16.5. The van der Waals surface area contributed by atoms with Gasteiger partial charge in [-0.25, -0.2) is 4.98 Å². The van der Waals surface area contributed by atoms with Crippen LogP contribution in [0.1, 0.15) is 12.6 Å². The zero-order valence-electron chi connectivity index (χ0n) is 12.6. The number of carbonyl (C=O) groups is 1. The summed E-state index contributed by atoms with van der Waals surface area (Å²) in [5, 5.41) is 0.562. The molecule has 0 fully saturated rings. The highest BCUT2D eigenvalue weighted by Crippen LogP contribution is 2.24. The number of esters is 1. The summed E-state index contributed by atoms with van der Waals surface area (Å²) in [6, 6.07) is 10.5. The minimum Gasteiger partial charge on any atom is -0.459 e. The molecule has 0 amide bonds. The maximum absolute atomic E-state index is 13.0. The normalized spacial score (nSPS) is 10.8. The van der Waals surface area contributed by atoms with Gasteiger partial charge in [-0.15, -0.1) is 0 Å². The summed E-state index contributed by atoms with van der Waals surface area (Å²) in [6.07, 6.45) is 1.46. The van der Waals surface area contributed by atoms with Crippen LogP contribution in [0.2, 0.25) is 10.0 Å². The number of hydrogen-bond acceptors (Lipinski definition) is 4. The Bertz CT molecular complexity index is 985. The quantitative estimate of drug-likeness (QED) is 0.666. The molecule has 0 aliphatic carbocycles. The smallest absolute Gasteiger partial charge is 0.303 e. The maximum atomic E-state index is 13.0. The Balaban J connectivity index is 2.33. The van der Waals surface area contributed by atoms with Crippen LogP contribution in [0.25, 0.3) is 16.8 Å². The third-order valence-corrected chi connectivity index (χ3v) is 3.88. The van der Waals surface area contributed by atoms with Gasteiger partial charge in [-0.1, -0.05) is 53.5 Å². The Morgan fingerprint density at radius 3 is 2.62 bits per heavy atom. The number of halogens is 2. The van der Waals surface area contributed by atoms with Crippen LogP contribution in [-0.2, 0) is 16.1 Å². The molecule has 3 aromatic rings. The van der Waals surface area contributed by atoms with E-state index >= 15 is 0 Å². The van der Waals surface area contributed by atoms with Gasteiger partial charge < -0.3 is 4.74 Å². The molecule has 0 saturated carbocycles. The van der Waals surface area contributed by atoms with Crippen molar-refractivity contribution in [2.75, 3.05) is 0 Å². The Labute approximate surface area is 147 Å². The molecular weight excluding hydrogens is 351 g/mol. The fraction of sp³-hybridized carbons (Fsp3) is 0.118. The number of aromatic nitrogens is 2. The largest absolute Gasteiger partial charge is 0.459 e. The van der Waals surface area contributed by atoms with Crippen LogP contribution in [0.3, 0.4) is 0 Å². The van der Waals surface area contributed by atoms with Crippen molar-refractivity contribution in [2.45, 2.75) is 13.5 Å². The van der Waals surface area contributed by atoms with E-state index in [9.17, 15) is 9.59 Å². The van der Waals surface area contributed by atoms with Gasteiger partial charge in [0.25, 0.3) is 5.56 Å². The molecule has 24 heavy (non-hydrogen) atoms. The second-order valence-electron chi connectivity index (χ2n) is 5.08. The molecule has 0 aliphatic rings. The number of carbonyl (C=O) groups excluding carboxylic acids is 1. The molecule has 0 N–H and O–H groups in total. The highest BCUT2D eigenvalue weighted by atomic mass is 35.5. The van der Waals surface area contributed by atoms with Crippen LogP contribution in [0.15, 0.2) is 47.4 Å². The molecule has 0 bridgehead atoms. The van der Waals surface area contributed by atoms with E-state index in [1.54, 1.807) is 12.1 Å². The average molecular weight is 363 g/mol. The van der Waals surface area contributed by atoms with Crippen molar-refractivity contribution in [3.05, 3.63) is 68.7 Å². The van der Waals surface area contributed by atoms with Crippen LogP contribution in [0.5, 0.6) is 0 Å². The fourth-order valence-electron chi connectivity index (χ4n) is 2.38. The number of fused-ring (bicyclic) bond motifs is 1. The van der Waals surface area contributed by atoms with Crippen molar-refractivity contribution in [2.24, 2.45) is 0 Å². The molecule has 2 aromatic heterocycles. The maximum Gasteiger partial charge on any atom is 0.303 e. The monoisotopic (exact) mass is 362 g/mol. The number of hydrogen-bond donors (Lipinski definition) is 0. The lowest BCUT2D eigenvalue weighted by molar-refractivity contribution is -0.142. The summed E-state index contributed by atoms with van der Waals surface area (Å²) in [4.78, 5) is 28.5. The van der Waals surface area contributed by atoms with Crippen molar-refractivity contribution in [3.8, 4) is 11.1 Å². The van der Waals surface area contributed by atoms with Gasteiger partial charge in [0.1, 0.15) is 6.61 Å². The van der Waals surface area contributed by atoms with Crippen LogP contribution in [0.4, 0.5) is 0 Å². The van der Waals surface area contributed by atoms with Gasteiger partial charge >= 0.3 is 5.97 Å². The Morgan fingerprint density at radius 2 is 1.96 bits per heavy atom. The number of ether oxygens (including phenoxy) is 1. The van der Waals surface area contributed by atoms with Crippen molar-refractivity contribution in [3.63, 3.8) is 0 Å².